The first-order valence-electron chi connectivity index (χ1n) is 5.78. The molecule has 1 saturated heterocycles. The van der Waals surface area contributed by atoms with Crippen LogP contribution in [0.4, 0.5) is 0 Å². The molecular weight excluding hydrogens is 208 g/mol. The molecule has 1 aliphatic rings. The van der Waals surface area contributed by atoms with Gasteiger partial charge in [-0.25, -0.2) is 0 Å². The Hall–Kier alpha value is -0.190. The number of rotatable bonds is 5. The van der Waals surface area contributed by atoms with E-state index in [9.17, 15) is 0 Å². The van der Waals surface area contributed by atoms with Crippen LogP contribution in [0.1, 0.15) is 20.3 Å². The summed E-state index contributed by atoms with van der Waals surface area (Å²) in [4.78, 5) is 3.43. The van der Waals surface area contributed by atoms with E-state index in [1.807, 2.05) is 0 Å². The third kappa shape index (κ3) is 5.44. The van der Waals surface area contributed by atoms with Crippen molar-refractivity contribution in [2.75, 3.05) is 39.4 Å². The standard InChI is InChI=1S/C11H22N2OS/c1-10(2)11(15)12-4-3-5-13-6-8-14-9-7-13/h10H,3-9H2,1-2H3,(H,12,15). The van der Waals surface area contributed by atoms with Crippen molar-refractivity contribution in [1.82, 2.24) is 10.2 Å². The summed E-state index contributed by atoms with van der Waals surface area (Å²) in [5, 5.41) is 3.30. The lowest BCUT2D eigenvalue weighted by atomic mass is 10.2. The van der Waals surface area contributed by atoms with E-state index in [1.54, 1.807) is 0 Å². The fourth-order valence-corrected chi connectivity index (χ4v) is 1.65. The Labute approximate surface area is 98.2 Å². The maximum Gasteiger partial charge on any atom is 0.0779 e. The minimum Gasteiger partial charge on any atom is -0.379 e. The molecule has 0 atom stereocenters. The number of hydrogen-bond acceptors (Lipinski definition) is 3. The topological polar surface area (TPSA) is 24.5 Å². The van der Waals surface area contributed by atoms with Gasteiger partial charge in [-0.15, -0.1) is 0 Å². The van der Waals surface area contributed by atoms with E-state index in [1.165, 1.54) is 0 Å². The van der Waals surface area contributed by atoms with Gasteiger partial charge in [0.05, 0.1) is 18.2 Å². The van der Waals surface area contributed by atoms with Crippen LogP contribution in [0.3, 0.4) is 0 Å². The lowest BCUT2D eigenvalue weighted by Gasteiger charge is -2.26. The molecule has 0 aromatic rings. The lowest BCUT2D eigenvalue weighted by molar-refractivity contribution is 0.0376. The van der Waals surface area contributed by atoms with Crippen LogP contribution in [-0.4, -0.2) is 49.3 Å². The minimum absolute atomic E-state index is 0.461. The number of morpholine rings is 1. The van der Waals surface area contributed by atoms with Gasteiger partial charge in [-0.2, -0.15) is 0 Å². The van der Waals surface area contributed by atoms with E-state index in [-0.39, 0.29) is 0 Å². The highest BCUT2D eigenvalue weighted by Crippen LogP contribution is 1.98. The van der Waals surface area contributed by atoms with E-state index in [0.717, 1.165) is 50.8 Å². The van der Waals surface area contributed by atoms with E-state index < -0.39 is 0 Å². The van der Waals surface area contributed by atoms with Crippen molar-refractivity contribution in [2.45, 2.75) is 20.3 Å². The predicted molar refractivity (Wildman–Crippen MR) is 67.3 cm³/mol. The van der Waals surface area contributed by atoms with Gasteiger partial charge in [-0.3, -0.25) is 4.90 Å². The smallest absolute Gasteiger partial charge is 0.0779 e. The quantitative estimate of drug-likeness (QED) is 0.568. The van der Waals surface area contributed by atoms with Gasteiger partial charge in [0.25, 0.3) is 0 Å². The van der Waals surface area contributed by atoms with Gasteiger partial charge in [-0.05, 0) is 13.0 Å². The second-order valence-corrected chi connectivity index (χ2v) is 4.69. The van der Waals surface area contributed by atoms with Gasteiger partial charge < -0.3 is 10.1 Å². The zero-order chi connectivity index (χ0) is 11.1. The van der Waals surface area contributed by atoms with Crippen LogP contribution < -0.4 is 5.32 Å². The summed E-state index contributed by atoms with van der Waals surface area (Å²) in [6.07, 6.45) is 1.16. The highest BCUT2D eigenvalue weighted by atomic mass is 32.1. The maximum atomic E-state index is 5.30. The minimum atomic E-state index is 0.461. The van der Waals surface area contributed by atoms with Crippen LogP contribution >= 0.6 is 12.2 Å². The monoisotopic (exact) mass is 230 g/mol. The molecule has 0 aromatic heterocycles. The average Bonchev–Trinajstić information content (AvgIpc) is 2.25. The van der Waals surface area contributed by atoms with Gasteiger partial charge in [-0.1, -0.05) is 26.1 Å². The first kappa shape index (κ1) is 12.9. The molecule has 4 heteroatoms. The van der Waals surface area contributed by atoms with Crippen LogP contribution in [0.15, 0.2) is 0 Å². The number of thiocarbonyl (C=S) groups is 1. The van der Waals surface area contributed by atoms with Crippen molar-refractivity contribution in [3.05, 3.63) is 0 Å². The molecule has 3 nitrogen and oxygen atoms in total. The van der Waals surface area contributed by atoms with Crippen LogP contribution in [0.5, 0.6) is 0 Å². The van der Waals surface area contributed by atoms with Gasteiger partial charge in [0.2, 0.25) is 0 Å². The second kappa shape index (κ2) is 7.14. The molecule has 0 unspecified atom stereocenters. The van der Waals surface area contributed by atoms with E-state index >= 15 is 0 Å². The van der Waals surface area contributed by atoms with Crippen molar-refractivity contribution in [3.63, 3.8) is 0 Å². The molecule has 1 rings (SSSR count). The third-order valence-corrected chi connectivity index (χ3v) is 3.19. The SMILES string of the molecule is CC(C)C(=S)NCCCN1CCOCC1. The zero-order valence-electron chi connectivity index (χ0n) is 9.79. The van der Waals surface area contributed by atoms with E-state index in [2.05, 4.69) is 24.1 Å². The van der Waals surface area contributed by atoms with Gasteiger partial charge in [0, 0.05) is 25.6 Å². The molecule has 1 fully saturated rings. The summed E-state index contributed by atoms with van der Waals surface area (Å²) in [6, 6.07) is 0. The predicted octanol–water partition coefficient (Wildman–Crippen LogP) is 1.28. The lowest BCUT2D eigenvalue weighted by Crippen LogP contribution is -2.38. The third-order valence-electron chi connectivity index (χ3n) is 2.58. The molecular formula is C11H22N2OS. The maximum absolute atomic E-state index is 5.30. The highest BCUT2D eigenvalue weighted by Gasteiger charge is 2.09. The Morgan fingerprint density at radius 3 is 2.67 bits per heavy atom. The van der Waals surface area contributed by atoms with Crippen molar-refractivity contribution < 1.29 is 4.74 Å². The van der Waals surface area contributed by atoms with Crippen molar-refractivity contribution in [2.24, 2.45) is 5.92 Å². The fraction of sp³-hybridized carbons (Fsp3) is 0.909. The molecule has 88 valence electrons. The highest BCUT2D eigenvalue weighted by molar-refractivity contribution is 7.80. The summed E-state index contributed by atoms with van der Waals surface area (Å²) < 4.78 is 5.30. The molecule has 0 aliphatic carbocycles. The van der Waals surface area contributed by atoms with Crippen molar-refractivity contribution >= 4 is 17.2 Å². The number of nitrogens with zero attached hydrogens (tertiary/aromatic N) is 1. The van der Waals surface area contributed by atoms with E-state index in [4.69, 9.17) is 17.0 Å². The molecule has 1 heterocycles. The molecule has 0 spiro atoms. The summed E-state index contributed by atoms with van der Waals surface area (Å²) in [5.74, 6) is 0.461. The van der Waals surface area contributed by atoms with Gasteiger partial charge in [0.1, 0.15) is 0 Å². The van der Waals surface area contributed by atoms with Crippen LogP contribution in [0.25, 0.3) is 0 Å². The average molecular weight is 230 g/mol. The largest absolute Gasteiger partial charge is 0.379 e. The molecule has 0 aromatic carbocycles. The summed E-state index contributed by atoms with van der Waals surface area (Å²) >= 11 is 5.20. The van der Waals surface area contributed by atoms with Crippen LogP contribution in [0.2, 0.25) is 0 Å². The first-order chi connectivity index (χ1) is 7.20. The Balaban J connectivity index is 1.98. The number of hydrogen-bond donors (Lipinski definition) is 1. The molecule has 0 amide bonds. The van der Waals surface area contributed by atoms with Gasteiger partial charge in [0.15, 0.2) is 0 Å². The van der Waals surface area contributed by atoms with Crippen LogP contribution in [0, 0.1) is 5.92 Å². The number of ether oxygens (including phenoxy) is 1. The Kier molecular flexibility index (Phi) is 6.13. The number of nitrogens with one attached hydrogen (secondary N) is 1. The van der Waals surface area contributed by atoms with Crippen molar-refractivity contribution in [1.29, 1.82) is 0 Å². The Bertz CT molecular complexity index is 191. The second-order valence-electron chi connectivity index (χ2n) is 4.25. The van der Waals surface area contributed by atoms with E-state index in [0.29, 0.717) is 5.92 Å². The summed E-state index contributed by atoms with van der Waals surface area (Å²) in [7, 11) is 0. The fourth-order valence-electron chi connectivity index (χ4n) is 1.54. The Morgan fingerprint density at radius 2 is 2.07 bits per heavy atom. The van der Waals surface area contributed by atoms with Crippen LogP contribution in [-0.2, 0) is 4.74 Å². The van der Waals surface area contributed by atoms with Gasteiger partial charge >= 0.3 is 0 Å². The molecule has 1 aliphatic heterocycles. The summed E-state index contributed by atoms with van der Waals surface area (Å²) in [6.45, 7) is 10.3. The molecule has 15 heavy (non-hydrogen) atoms. The normalized spacial score (nSPS) is 18.1. The Morgan fingerprint density at radius 1 is 1.40 bits per heavy atom. The zero-order valence-corrected chi connectivity index (χ0v) is 10.6. The molecule has 0 radical (unpaired) electrons. The molecule has 1 N–H and O–H groups in total. The molecule has 0 saturated carbocycles. The van der Waals surface area contributed by atoms with Crippen molar-refractivity contribution in [3.8, 4) is 0 Å². The summed E-state index contributed by atoms with van der Waals surface area (Å²) in [5.41, 5.74) is 0. The molecule has 0 bridgehead atoms. The first-order valence-corrected chi connectivity index (χ1v) is 6.19.